The molecule has 0 radical (unpaired) electrons. The molecule has 5 heteroatoms. The second-order valence-electron chi connectivity index (χ2n) is 10.3. The summed E-state index contributed by atoms with van der Waals surface area (Å²) in [5.74, 6) is -2.48. The molecule has 2 aliphatic carbocycles. The van der Waals surface area contributed by atoms with Gasteiger partial charge in [-0.05, 0) is 46.0 Å². The van der Waals surface area contributed by atoms with E-state index in [2.05, 4.69) is 6.92 Å². The Labute approximate surface area is 182 Å². The van der Waals surface area contributed by atoms with Gasteiger partial charge in [0.1, 0.15) is 0 Å². The molecule has 0 N–H and O–H groups in total. The van der Waals surface area contributed by atoms with Crippen molar-refractivity contribution in [1.82, 2.24) is 0 Å². The van der Waals surface area contributed by atoms with Gasteiger partial charge in [-0.15, -0.1) is 0 Å². The van der Waals surface area contributed by atoms with Gasteiger partial charge in [0.2, 0.25) is 0 Å². The zero-order chi connectivity index (χ0) is 22.1. The summed E-state index contributed by atoms with van der Waals surface area (Å²) < 4.78 is 56.1. The molecule has 2 aliphatic rings. The molecule has 2 fully saturated rings. The van der Waals surface area contributed by atoms with E-state index in [0.29, 0.717) is 32.1 Å². The van der Waals surface area contributed by atoms with Gasteiger partial charge in [0.05, 0.1) is 11.2 Å². The molecule has 0 aromatic carbocycles. The van der Waals surface area contributed by atoms with E-state index in [9.17, 15) is 13.2 Å². The van der Waals surface area contributed by atoms with Crippen LogP contribution in [0, 0.1) is 0 Å². The Morgan fingerprint density at radius 3 is 1.43 bits per heavy atom. The summed E-state index contributed by atoms with van der Waals surface area (Å²) in [6.07, 6.45) is 10.9. The molecular weight excluding hydrogens is 389 g/mol. The number of alkyl halides is 3. The second-order valence-corrected chi connectivity index (χ2v) is 10.3. The SMILES string of the molecule is CCCCCCCCCC(OC1(C)CCCCC1)(OC1(C)CCCCC1)C(F)(F)F. The highest BCUT2D eigenvalue weighted by molar-refractivity contribution is 4.92. The Hall–Kier alpha value is -0.290. The molecule has 0 saturated heterocycles. The van der Waals surface area contributed by atoms with Crippen molar-refractivity contribution in [2.24, 2.45) is 0 Å². The van der Waals surface area contributed by atoms with Gasteiger partial charge in [-0.2, -0.15) is 13.2 Å². The van der Waals surface area contributed by atoms with Gasteiger partial charge in [0.25, 0.3) is 5.79 Å². The number of hydrogen-bond donors (Lipinski definition) is 0. The fourth-order valence-electron chi connectivity index (χ4n) is 5.29. The second kappa shape index (κ2) is 11.5. The van der Waals surface area contributed by atoms with Gasteiger partial charge < -0.3 is 9.47 Å². The number of halogens is 3. The highest BCUT2D eigenvalue weighted by Crippen LogP contribution is 2.49. The average Bonchev–Trinajstić information content (AvgIpc) is 2.67. The smallest absolute Gasteiger partial charge is 0.336 e. The molecular formula is C25H45F3O2. The van der Waals surface area contributed by atoms with Crippen LogP contribution in [0.5, 0.6) is 0 Å². The van der Waals surface area contributed by atoms with E-state index < -0.39 is 23.2 Å². The first-order valence-electron chi connectivity index (χ1n) is 12.6. The lowest BCUT2D eigenvalue weighted by atomic mass is 9.84. The molecule has 0 aliphatic heterocycles. The Kier molecular flexibility index (Phi) is 9.99. The molecule has 2 nitrogen and oxygen atoms in total. The summed E-state index contributed by atoms with van der Waals surface area (Å²) in [4.78, 5) is 0. The maximum absolute atomic E-state index is 14.7. The van der Waals surface area contributed by atoms with Crippen LogP contribution >= 0.6 is 0 Å². The maximum Gasteiger partial charge on any atom is 0.443 e. The van der Waals surface area contributed by atoms with E-state index in [0.717, 1.165) is 57.8 Å². The monoisotopic (exact) mass is 434 g/mol. The van der Waals surface area contributed by atoms with E-state index in [1.54, 1.807) is 0 Å². The van der Waals surface area contributed by atoms with Gasteiger partial charge in [-0.1, -0.05) is 84.0 Å². The van der Waals surface area contributed by atoms with Crippen LogP contribution in [-0.2, 0) is 9.47 Å². The molecule has 0 spiro atoms. The standard InChI is InChI=1S/C25H45F3O2/c1-4-5-6-7-8-9-16-21-24(25(26,27)28,29-22(2)17-12-10-13-18-22)30-23(3)19-14-11-15-20-23/h4-21H2,1-3H3. The number of rotatable bonds is 12. The molecule has 30 heavy (non-hydrogen) atoms. The fraction of sp³-hybridized carbons (Fsp3) is 1.00. The Balaban J connectivity index is 2.14. The van der Waals surface area contributed by atoms with Crippen molar-refractivity contribution in [3.05, 3.63) is 0 Å². The van der Waals surface area contributed by atoms with Crippen LogP contribution < -0.4 is 0 Å². The van der Waals surface area contributed by atoms with Crippen molar-refractivity contribution in [3.63, 3.8) is 0 Å². The molecule has 178 valence electrons. The summed E-state index contributed by atoms with van der Waals surface area (Å²) in [6, 6.07) is 0. The van der Waals surface area contributed by atoms with Crippen molar-refractivity contribution in [2.45, 2.75) is 160 Å². The predicted octanol–water partition coefficient (Wildman–Crippen LogP) is 8.86. The van der Waals surface area contributed by atoms with Crippen LogP contribution in [0.4, 0.5) is 13.2 Å². The average molecular weight is 435 g/mol. The lowest BCUT2D eigenvalue weighted by molar-refractivity contribution is -0.433. The largest absolute Gasteiger partial charge is 0.443 e. The minimum atomic E-state index is -4.53. The van der Waals surface area contributed by atoms with Crippen LogP contribution in [0.3, 0.4) is 0 Å². The lowest BCUT2D eigenvalue weighted by Gasteiger charge is -2.49. The summed E-state index contributed by atoms with van der Waals surface area (Å²) in [5.41, 5.74) is -1.50. The summed E-state index contributed by atoms with van der Waals surface area (Å²) >= 11 is 0. The third-order valence-corrected chi connectivity index (χ3v) is 7.19. The van der Waals surface area contributed by atoms with E-state index in [4.69, 9.17) is 9.47 Å². The zero-order valence-electron chi connectivity index (χ0n) is 19.7. The molecule has 2 saturated carbocycles. The molecule has 0 atom stereocenters. The third-order valence-electron chi connectivity index (χ3n) is 7.19. The Morgan fingerprint density at radius 2 is 1.03 bits per heavy atom. The van der Waals surface area contributed by atoms with Crippen LogP contribution in [0.2, 0.25) is 0 Å². The van der Waals surface area contributed by atoms with Crippen LogP contribution in [-0.4, -0.2) is 23.2 Å². The Bertz CT molecular complexity index is 451. The van der Waals surface area contributed by atoms with Gasteiger partial charge >= 0.3 is 6.18 Å². The maximum atomic E-state index is 14.7. The summed E-state index contributed by atoms with van der Waals surface area (Å²) in [7, 11) is 0. The lowest BCUT2D eigenvalue weighted by Crippen LogP contribution is -2.59. The third kappa shape index (κ3) is 7.69. The van der Waals surface area contributed by atoms with Gasteiger partial charge in [0.15, 0.2) is 0 Å². The summed E-state index contributed by atoms with van der Waals surface area (Å²) in [6.45, 7) is 5.90. The molecule has 0 aromatic heterocycles. The van der Waals surface area contributed by atoms with Gasteiger partial charge in [-0.25, -0.2) is 0 Å². The zero-order valence-corrected chi connectivity index (χ0v) is 19.7. The molecule has 0 bridgehead atoms. The molecule has 2 rings (SSSR count). The van der Waals surface area contributed by atoms with E-state index >= 15 is 0 Å². The van der Waals surface area contributed by atoms with Crippen molar-refractivity contribution in [1.29, 1.82) is 0 Å². The fourth-order valence-corrected chi connectivity index (χ4v) is 5.29. The number of ether oxygens (including phenoxy) is 2. The van der Waals surface area contributed by atoms with E-state index in [-0.39, 0.29) is 6.42 Å². The highest BCUT2D eigenvalue weighted by atomic mass is 19.4. The molecule has 0 amide bonds. The van der Waals surface area contributed by atoms with Gasteiger partial charge in [0, 0.05) is 6.42 Å². The number of unbranched alkanes of at least 4 members (excludes halogenated alkanes) is 6. The molecule has 0 unspecified atom stereocenters. The van der Waals surface area contributed by atoms with Crippen molar-refractivity contribution >= 4 is 0 Å². The predicted molar refractivity (Wildman–Crippen MR) is 117 cm³/mol. The first-order valence-corrected chi connectivity index (χ1v) is 12.6. The first kappa shape index (κ1) is 26.0. The van der Waals surface area contributed by atoms with Crippen LogP contribution in [0.15, 0.2) is 0 Å². The molecule has 0 heterocycles. The minimum Gasteiger partial charge on any atom is -0.336 e. The van der Waals surface area contributed by atoms with Crippen LogP contribution in [0.1, 0.15) is 136 Å². The first-order chi connectivity index (χ1) is 14.1. The molecule has 0 aromatic rings. The normalized spacial score (nSPS) is 22.2. The van der Waals surface area contributed by atoms with Gasteiger partial charge in [-0.3, -0.25) is 0 Å². The van der Waals surface area contributed by atoms with E-state index in [1.807, 2.05) is 13.8 Å². The quantitative estimate of drug-likeness (QED) is 0.225. The van der Waals surface area contributed by atoms with Crippen molar-refractivity contribution in [2.75, 3.05) is 0 Å². The van der Waals surface area contributed by atoms with Crippen molar-refractivity contribution in [3.8, 4) is 0 Å². The van der Waals surface area contributed by atoms with Crippen molar-refractivity contribution < 1.29 is 22.6 Å². The van der Waals surface area contributed by atoms with E-state index in [1.165, 1.54) is 19.3 Å². The topological polar surface area (TPSA) is 18.5 Å². The summed E-state index contributed by atoms with van der Waals surface area (Å²) in [5, 5.41) is 0. The Morgan fingerprint density at radius 1 is 0.633 bits per heavy atom. The minimum absolute atomic E-state index is 0.0878. The van der Waals surface area contributed by atoms with Crippen LogP contribution in [0.25, 0.3) is 0 Å². The highest BCUT2D eigenvalue weighted by Gasteiger charge is 2.62. The number of hydrogen-bond acceptors (Lipinski definition) is 2.